The third-order valence-electron chi connectivity index (χ3n) is 4.40. The molecule has 7 heteroatoms. The van der Waals surface area contributed by atoms with Gasteiger partial charge in [-0.3, -0.25) is 4.79 Å². The number of aliphatic hydroxyl groups is 1. The molecule has 142 valence electrons. The number of nitrogens with one attached hydrogen (secondary N) is 1. The van der Waals surface area contributed by atoms with Crippen LogP contribution < -0.4 is 9.47 Å². The van der Waals surface area contributed by atoms with Crippen LogP contribution in [0.4, 0.5) is 0 Å². The summed E-state index contributed by atoms with van der Waals surface area (Å²) in [4.78, 5) is 16.9. The number of fused-ring (bicyclic) bond motifs is 1. The fourth-order valence-electron chi connectivity index (χ4n) is 3.06. The van der Waals surface area contributed by atoms with Crippen LogP contribution in [0.25, 0.3) is 22.0 Å². The minimum atomic E-state index is -1.35. The Morgan fingerprint density at radius 1 is 1.15 bits per heavy atom. The van der Waals surface area contributed by atoms with Crippen LogP contribution in [0.1, 0.15) is 11.8 Å². The zero-order chi connectivity index (χ0) is 19.7. The molecule has 2 aromatic carbocycles. The van der Waals surface area contributed by atoms with E-state index in [2.05, 4.69) is 4.98 Å². The number of halogens is 1. The van der Waals surface area contributed by atoms with Crippen LogP contribution in [-0.2, 0) is 4.79 Å². The molecule has 2 N–H and O–H groups in total. The molecular weight excluding hydrogens is 368 g/mol. The maximum atomic E-state index is 12.4. The number of hydrogen-bond acceptors (Lipinski definition) is 4. The van der Waals surface area contributed by atoms with Gasteiger partial charge in [0.25, 0.3) is 5.91 Å². The van der Waals surface area contributed by atoms with Gasteiger partial charge in [0.05, 0.1) is 25.4 Å². The lowest BCUT2D eigenvalue weighted by Crippen LogP contribution is -2.28. The van der Waals surface area contributed by atoms with Crippen molar-refractivity contribution in [1.82, 2.24) is 9.88 Å². The first-order valence-electron chi connectivity index (χ1n) is 8.30. The van der Waals surface area contributed by atoms with Gasteiger partial charge in [-0.25, -0.2) is 0 Å². The molecule has 1 unspecified atom stereocenters. The lowest BCUT2D eigenvalue weighted by molar-refractivity contribution is -0.137. The van der Waals surface area contributed by atoms with Crippen molar-refractivity contribution in [3.8, 4) is 22.6 Å². The Morgan fingerprint density at radius 2 is 1.81 bits per heavy atom. The zero-order valence-corrected chi connectivity index (χ0v) is 16.3. The molecule has 3 aromatic rings. The summed E-state index contributed by atoms with van der Waals surface area (Å²) in [5, 5.41) is 12.1. The van der Waals surface area contributed by atoms with E-state index in [1.807, 2.05) is 12.1 Å². The topological polar surface area (TPSA) is 74.8 Å². The predicted molar refractivity (Wildman–Crippen MR) is 106 cm³/mol. The molecule has 0 aliphatic carbocycles. The van der Waals surface area contributed by atoms with E-state index in [0.29, 0.717) is 33.3 Å². The maximum absolute atomic E-state index is 12.4. The molecule has 1 heterocycles. The van der Waals surface area contributed by atoms with Crippen LogP contribution in [0.15, 0.2) is 36.4 Å². The standard InChI is InChI=1S/C20H21ClN2O4/c1-23(2)20(25)19(24)18-16(11-5-7-12(21)8-6-11)17-14(22-18)9-13(26-3)10-15(17)27-4/h5-10,19,22,24H,1-4H3. The molecule has 0 fully saturated rings. The van der Waals surface area contributed by atoms with Crippen molar-refractivity contribution in [3.63, 3.8) is 0 Å². The normalized spacial score (nSPS) is 12.1. The number of amides is 1. The number of ether oxygens (including phenoxy) is 2. The highest BCUT2D eigenvalue weighted by atomic mass is 35.5. The summed E-state index contributed by atoms with van der Waals surface area (Å²) in [7, 11) is 6.32. The number of carbonyl (C=O) groups excluding carboxylic acids is 1. The molecule has 1 atom stereocenters. The number of nitrogens with zero attached hydrogens (tertiary/aromatic N) is 1. The van der Waals surface area contributed by atoms with Gasteiger partial charge in [-0.1, -0.05) is 23.7 Å². The minimum absolute atomic E-state index is 0.387. The highest BCUT2D eigenvalue weighted by Crippen LogP contribution is 2.42. The lowest BCUT2D eigenvalue weighted by atomic mass is 9.98. The monoisotopic (exact) mass is 388 g/mol. The highest BCUT2D eigenvalue weighted by molar-refractivity contribution is 6.30. The van der Waals surface area contributed by atoms with E-state index in [0.717, 1.165) is 10.9 Å². The number of hydrogen-bond donors (Lipinski definition) is 2. The van der Waals surface area contributed by atoms with Crippen LogP contribution in [0.2, 0.25) is 5.02 Å². The fraction of sp³-hybridized carbons (Fsp3) is 0.250. The fourth-order valence-corrected chi connectivity index (χ4v) is 3.18. The molecule has 0 spiro atoms. The van der Waals surface area contributed by atoms with E-state index in [-0.39, 0.29) is 0 Å². The van der Waals surface area contributed by atoms with E-state index < -0.39 is 12.0 Å². The number of benzene rings is 2. The van der Waals surface area contributed by atoms with Gasteiger partial charge in [0.15, 0.2) is 6.10 Å². The van der Waals surface area contributed by atoms with Crippen molar-refractivity contribution in [2.45, 2.75) is 6.10 Å². The third-order valence-corrected chi connectivity index (χ3v) is 4.65. The quantitative estimate of drug-likeness (QED) is 0.700. The number of carbonyl (C=O) groups is 1. The summed E-state index contributed by atoms with van der Waals surface area (Å²) in [6, 6.07) is 10.8. The number of aromatic nitrogens is 1. The summed E-state index contributed by atoms with van der Waals surface area (Å²) in [6.45, 7) is 0. The molecular formula is C20H21ClN2O4. The number of methoxy groups -OCH3 is 2. The second-order valence-corrected chi connectivity index (χ2v) is 6.74. The molecule has 0 bridgehead atoms. The second-order valence-electron chi connectivity index (χ2n) is 6.31. The van der Waals surface area contributed by atoms with Crippen LogP contribution >= 0.6 is 11.6 Å². The molecule has 6 nitrogen and oxygen atoms in total. The highest BCUT2D eigenvalue weighted by Gasteiger charge is 2.28. The van der Waals surface area contributed by atoms with Crippen molar-refractivity contribution in [2.75, 3.05) is 28.3 Å². The SMILES string of the molecule is COc1cc(OC)c2c(-c3ccc(Cl)cc3)c(C(O)C(=O)N(C)C)[nH]c2c1. The largest absolute Gasteiger partial charge is 0.497 e. The summed E-state index contributed by atoms with van der Waals surface area (Å²) >= 11 is 6.02. The van der Waals surface area contributed by atoms with Gasteiger partial charge in [0, 0.05) is 42.2 Å². The number of H-pyrrole nitrogens is 1. The molecule has 0 saturated carbocycles. The smallest absolute Gasteiger partial charge is 0.257 e. The van der Waals surface area contributed by atoms with Crippen molar-refractivity contribution in [2.24, 2.45) is 0 Å². The molecule has 0 aliphatic rings. The first-order valence-corrected chi connectivity index (χ1v) is 8.68. The van der Waals surface area contributed by atoms with Gasteiger partial charge in [0.2, 0.25) is 0 Å². The zero-order valence-electron chi connectivity index (χ0n) is 15.5. The van der Waals surface area contributed by atoms with Crippen LogP contribution in [-0.4, -0.2) is 49.2 Å². The molecule has 3 rings (SSSR count). The van der Waals surface area contributed by atoms with E-state index in [9.17, 15) is 9.90 Å². The molecule has 0 aliphatic heterocycles. The first-order chi connectivity index (χ1) is 12.9. The Hall–Kier alpha value is -2.70. The summed E-state index contributed by atoms with van der Waals surface area (Å²) < 4.78 is 10.9. The summed E-state index contributed by atoms with van der Waals surface area (Å²) in [5.41, 5.74) is 2.56. The number of aliphatic hydroxyl groups excluding tert-OH is 1. The molecule has 0 radical (unpaired) electrons. The van der Waals surface area contributed by atoms with Crippen LogP contribution in [0.5, 0.6) is 11.5 Å². The average Bonchev–Trinajstić information content (AvgIpc) is 3.05. The van der Waals surface area contributed by atoms with E-state index >= 15 is 0 Å². The van der Waals surface area contributed by atoms with Gasteiger partial charge in [-0.05, 0) is 17.7 Å². The van der Waals surface area contributed by atoms with Gasteiger partial charge >= 0.3 is 0 Å². The second kappa shape index (κ2) is 7.50. The Bertz CT molecular complexity index is 980. The number of rotatable bonds is 5. The van der Waals surface area contributed by atoms with Gasteiger partial charge in [-0.15, -0.1) is 0 Å². The van der Waals surface area contributed by atoms with Crippen LogP contribution in [0, 0.1) is 0 Å². The Kier molecular flexibility index (Phi) is 5.30. The predicted octanol–water partition coefficient (Wildman–Crippen LogP) is 3.63. The van der Waals surface area contributed by atoms with Crippen molar-refractivity contribution in [1.29, 1.82) is 0 Å². The van der Waals surface area contributed by atoms with Gasteiger partial charge < -0.3 is 24.5 Å². The minimum Gasteiger partial charge on any atom is -0.497 e. The third kappa shape index (κ3) is 3.46. The number of likely N-dealkylation sites (N-methyl/N-ethyl adjacent to an activating group) is 1. The van der Waals surface area contributed by atoms with Crippen LogP contribution in [0.3, 0.4) is 0 Å². The molecule has 1 aromatic heterocycles. The van der Waals surface area contributed by atoms with Crippen molar-refractivity contribution >= 4 is 28.4 Å². The summed E-state index contributed by atoms with van der Waals surface area (Å²) in [5.74, 6) is 0.743. The summed E-state index contributed by atoms with van der Waals surface area (Å²) in [6.07, 6.45) is -1.35. The average molecular weight is 389 g/mol. The van der Waals surface area contributed by atoms with E-state index in [1.165, 1.54) is 4.90 Å². The van der Waals surface area contributed by atoms with E-state index in [4.69, 9.17) is 21.1 Å². The molecule has 1 amide bonds. The lowest BCUT2D eigenvalue weighted by Gasteiger charge is -2.17. The maximum Gasteiger partial charge on any atom is 0.257 e. The molecule has 0 saturated heterocycles. The van der Waals surface area contributed by atoms with Crippen molar-refractivity contribution < 1.29 is 19.4 Å². The van der Waals surface area contributed by atoms with E-state index in [1.54, 1.807) is 52.6 Å². The van der Waals surface area contributed by atoms with Gasteiger partial charge in [0.1, 0.15) is 11.5 Å². The Balaban J connectivity index is 2.35. The van der Waals surface area contributed by atoms with Gasteiger partial charge in [-0.2, -0.15) is 0 Å². The Morgan fingerprint density at radius 3 is 2.37 bits per heavy atom. The van der Waals surface area contributed by atoms with Crippen molar-refractivity contribution in [3.05, 3.63) is 47.1 Å². The molecule has 27 heavy (non-hydrogen) atoms. The number of aromatic amines is 1. The first kappa shape index (κ1) is 19.1. The Labute approximate surface area is 162 Å².